The normalized spacial score (nSPS) is 10.4. The minimum absolute atomic E-state index is 0.129. The van der Waals surface area contributed by atoms with Crippen LogP contribution in [0.4, 0.5) is 0 Å². The number of rotatable bonds is 3. The number of carbonyl (C=O) groups excluding carboxylic acids is 1. The van der Waals surface area contributed by atoms with Crippen molar-refractivity contribution in [2.45, 2.75) is 20.3 Å². The van der Waals surface area contributed by atoms with E-state index in [9.17, 15) is 4.79 Å². The van der Waals surface area contributed by atoms with Crippen LogP contribution in [0.3, 0.4) is 0 Å². The van der Waals surface area contributed by atoms with Crippen LogP contribution in [-0.4, -0.2) is 5.78 Å². The Morgan fingerprint density at radius 2 is 1.72 bits per heavy atom. The molecule has 0 amide bonds. The Balaban J connectivity index is 2.22. The van der Waals surface area contributed by atoms with E-state index in [0.29, 0.717) is 11.4 Å². The van der Waals surface area contributed by atoms with Crippen LogP contribution in [0.5, 0.6) is 0 Å². The van der Waals surface area contributed by atoms with E-state index in [4.69, 9.17) is 11.6 Å². The van der Waals surface area contributed by atoms with Gasteiger partial charge in [-0.05, 0) is 43.7 Å². The summed E-state index contributed by atoms with van der Waals surface area (Å²) in [5.41, 5.74) is 3.95. The molecule has 2 aromatic carbocycles. The van der Waals surface area contributed by atoms with Crippen molar-refractivity contribution in [1.82, 2.24) is 0 Å². The first-order valence-electron chi connectivity index (χ1n) is 5.90. The summed E-state index contributed by atoms with van der Waals surface area (Å²) in [6, 6.07) is 13.4. The molecule has 0 aliphatic carbocycles. The van der Waals surface area contributed by atoms with Gasteiger partial charge in [0.05, 0.1) is 0 Å². The summed E-state index contributed by atoms with van der Waals surface area (Å²) in [6.45, 7) is 4.01. The molecule has 0 bridgehead atoms. The lowest BCUT2D eigenvalue weighted by atomic mass is 9.99. The first kappa shape index (κ1) is 12.8. The first-order valence-corrected chi connectivity index (χ1v) is 6.28. The Bertz CT molecular complexity index is 567. The molecule has 0 saturated carbocycles. The molecule has 0 heterocycles. The van der Waals surface area contributed by atoms with E-state index < -0.39 is 0 Å². The lowest BCUT2D eigenvalue weighted by Crippen LogP contribution is -2.04. The molecule has 0 aromatic heterocycles. The predicted octanol–water partition coefficient (Wildman–Crippen LogP) is 4.38. The topological polar surface area (TPSA) is 17.1 Å². The molecule has 2 aromatic rings. The molecule has 0 unspecified atom stereocenters. The summed E-state index contributed by atoms with van der Waals surface area (Å²) >= 11 is 5.91. The van der Waals surface area contributed by atoms with Crippen molar-refractivity contribution < 1.29 is 4.79 Å². The molecule has 0 spiro atoms. The van der Waals surface area contributed by atoms with Gasteiger partial charge in [0.15, 0.2) is 5.78 Å². The van der Waals surface area contributed by atoms with E-state index in [-0.39, 0.29) is 5.78 Å². The summed E-state index contributed by atoms with van der Waals surface area (Å²) in [5.74, 6) is 0.129. The largest absolute Gasteiger partial charge is 0.294 e. The van der Waals surface area contributed by atoms with Crippen LogP contribution in [0.15, 0.2) is 42.5 Å². The fraction of sp³-hybridized carbons (Fsp3) is 0.188. The molecule has 0 atom stereocenters. The number of Topliss-reactive ketones (excluding diaryl/α,β-unsaturated/α-hetero) is 1. The third kappa shape index (κ3) is 3.21. The Hall–Kier alpha value is -1.60. The Morgan fingerprint density at radius 1 is 1.06 bits per heavy atom. The number of ketones is 1. The van der Waals surface area contributed by atoms with Gasteiger partial charge < -0.3 is 0 Å². The zero-order chi connectivity index (χ0) is 13.1. The van der Waals surface area contributed by atoms with Crippen LogP contribution in [0, 0.1) is 13.8 Å². The number of carbonyl (C=O) groups is 1. The van der Waals surface area contributed by atoms with Crippen LogP contribution in [0.1, 0.15) is 27.0 Å². The summed E-state index contributed by atoms with van der Waals surface area (Å²) in [5, 5.41) is 0.667. The smallest absolute Gasteiger partial charge is 0.167 e. The van der Waals surface area contributed by atoms with Crippen molar-refractivity contribution in [2.75, 3.05) is 0 Å². The Labute approximate surface area is 112 Å². The first-order chi connectivity index (χ1) is 8.54. The van der Waals surface area contributed by atoms with Gasteiger partial charge in [0.1, 0.15) is 0 Å². The van der Waals surface area contributed by atoms with Crippen molar-refractivity contribution in [3.63, 3.8) is 0 Å². The van der Waals surface area contributed by atoms with Crippen molar-refractivity contribution in [2.24, 2.45) is 0 Å². The summed E-state index contributed by atoms with van der Waals surface area (Å²) < 4.78 is 0. The molecule has 2 rings (SSSR count). The second kappa shape index (κ2) is 5.36. The standard InChI is InChI=1S/C16H15ClO/c1-11-6-12(2)8-14(7-11)16(18)10-13-4-3-5-15(17)9-13/h3-9H,10H2,1-2H3. The lowest BCUT2D eigenvalue weighted by molar-refractivity contribution is 0.0993. The maximum Gasteiger partial charge on any atom is 0.167 e. The van der Waals surface area contributed by atoms with Gasteiger partial charge in [-0.1, -0.05) is 40.9 Å². The second-order valence-corrected chi connectivity index (χ2v) is 5.04. The fourth-order valence-electron chi connectivity index (χ4n) is 2.07. The Morgan fingerprint density at radius 3 is 2.33 bits per heavy atom. The highest BCUT2D eigenvalue weighted by Crippen LogP contribution is 2.15. The van der Waals surface area contributed by atoms with E-state index in [0.717, 1.165) is 22.3 Å². The zero-order valence-electron chi connectivity index (χ0n) is 10.5. The molecule has 0 fully saturated rings. The number of aryl methyl sites for hydroxylation is 2. The highest BCUT2D eigenvalue weighted by atomic mass is 35.5. The fourth-order valence-corrected chi connectivity index (χ4v) is 2.28. The summed E-state index contributed by atoms with van der Waals surface area (Å²) in [4.78, 5) is 12.2. The highest BCUT2D eigenvalue weighted by Gasteiger charge is 2.08. The van der Waals surface area contributed by atoms with Crippen LogP contribution >= 0.6 is 11.6 Å². The van der Waals surface area contributed by atoms with Crippen LogP contribution in [-0.2, 0) is 6.42 Å². The molecule has 0 radical (unpaired) electrons. The molecule has 1 nitrogen and oxygen atoms in total. The monoisotopic (exact) mass is 258 g/mol. The molecule has 2 heteroatoms. The minimum Gasteiger partial charge on any atom is -0.294 e. The molecule has 92 valence electrons. The second-order valence-electron chi connectivity index (χ2n) is 4.61. The molecule has 18 heavy (non-hydrogen) atoms. The maximum absolute atomic E-state index is 12.2. The van der Waals surface area contributed by atoms with Crippen molar-refractivity contribution in [3.8, 4) is 0 Å². The number of benzene rings is 2. The van der Waals surface area contributed by atoms with E-state index in [1.54, 1.807) is 0 Å². The number of halogens is 1. The van der Waals surface area contributed by atoms with E-state index in [2.05, 4.69) is 6.07 Å². The molecule has 0 aliphatic rings. The average molecular weight is 259 g/mol. The molecular weight excluding hydrogens is 244 g/mol. The minimum atomic E-state index is 0.129. The SMILES string of the molecule is Cc1cc(C)cc(C(=O)Cc2cccc(Cl)c2)c1. The summed E-state index contributed by atoms with van der Waals surface area (Å²) in [6.07, 6.45) is 0.392. The van der Waals surface area contributed by atoms with Crippen molar-refractivity contribution in [1.29, 1.82) is 0 Å². The van der Waals surface area contributed by atoms with Crippen molar-refractivity contribution >= 4 is 17.4 Å². The zero-order valence-corrected chi connectivity index (χ0v) is 11.3. The summed E-state index contributed by atoms with van der Waals surface area (Å²) in [7, 11) is 0. The van der Waals surface area contributed by atoms with E-state index >= 15 is 0 Å². The molecule has 0 aliphatic heterocycles. The molecule has 0 N–H and O–H groups in total. The van der Waals surface area contributed by atoms with E-state index in [1.807, 2.05) is 50.2 Å². The highest BCUT2D eigenvalue weighted by molar-refractivity contribution is 6.30. The van der Waals surface area contributed by atoms with E-state index in [1.165, 1.54) is 0 Å². The van der Waals surface area contributed by atoms with Gasteiger partial charge in [-0.3, -0.25) is 4.79 Å². The van der Waals surface area contributed by atoms with Gasteiger partial charge in [-0.25, -0.2) is 0 Å². The average Bonchev–Trinajstić information content (AvgIpc) is 2.27. The van der Waals surface area contributed by atoms with Gasteiger partial charge in [-0.15, -0.1) is 0 Å². The van der Waals surface area contributed by atoms with Crippen LogP contribution in [0.2, 0.25) is 5.02 Å². The van der Waals surface area contributed by atoms with Crippen LogP contribution < -0.4 is 0 Å². The van der Waals surface area contributed by atoms with Gasteiger partial charge >= 0.3 is 0 Å². The van der Waals surface area contributed by atoms with Crippen molar-refractivity contribution in [3.05, 3.63) is 69.7 Å². The van der Waals surface area contributed by atoms with Gasteiger partial charge in [0, 0.05) is 17.0 Å². The number of hydrogen-bond donors (Lipinski definition) is 0. The Kier molecular flexibility index (Phi) is 3.83. The maximum atomic E-state index is 12.2. The third-order valence-corrected chi connectivity index (χ3v) is 3.03. The van der Waals surface area contributed by atoms with Crippen LogP contribution in [0.25, 0.3) is 0 Å². The molecule has 0 saturated heterocycles. The molecular formula is C16H15ClO. The lowest BCUT2D eigenvalue weighted by Gasteiger charge is -2.05. The predicted molar refractivity (Wildman–Crippen MR) is 75.4 cm³/mol. The quantitative estimate of drug-likeness (QED) is 0.747. The number of hydrogen-bond acceptors (Lipinski definition) is 1. The third-order valence-electron chi connectivity index (χ3n) is 2.80. The van der Waals surface area contributed by atoms with Gasteiger partial charge in [-0.2, -0.15) is 0 Å². The van der Waals surface area contributed by atoms with Gasteiger partial charge in [0.2, 0.25) is 0 Å². The van der Waals surface area contributed by atoms with Gasteiger partial charge in [0.25, 0.3) is 0 Å².